The second-order valence-electron chi connectivity index (χ2n) is 6.18. The molecule has 0 unspecified atom stereocenters. The van der Waals surface area contributed by atoms with E-state index >= 15 is 0 Å². The molecule has 4 rings (SSSR count). The summed E-state index contributed by atoms with van der Waals surface area (Å²) >= 11 is 1.67. The van der Waals surface area contributed by atoms with E-state index in [0.29, 0.717) is 12.6 Å². The van der Waals surface area contributed by atoms with Crippen LogP contribution in [0.4, 0.5) is 0 Å². The fraction of sp³-hybridized carbons (Fsp3) is 0.250. The number of carbonyl (C=O) groups is 1. The molecule has 0 radical (unpaired) electrons. The number of carbonyl (C=O) groups excluding carboxylic acids is 1. The van der Waals surface area contributed by atoms with Crippen LogP contribution in [0.3, 0.4) is 0 Å². The molecule has 1 amide bonds. The van der Waals surface area contributed by atoms with Gasteiger partial charge < -0.3 is 9.64 Å². The van der Waals surface area contributed by atoms with E-state index in [2.05, 4.69) is 29.0 Å². The number of amides is 1. The largest absolute Gasteiger partial charge is 0.484 e. The van der Waals surface area contributed by atoms with Gasteiger partial charge in [-0.15, -0.1) is 0 Å². The molecule has 2 aromatic carbocycles. The summed E-state index contributed by atoms with van der Waals surface area (Å²) in [5, 5.41) is 6.46. The van der Waals surface area contributed by atoms with E-state index in [1.807, 2.05) is 35.2 Å². The maximum atomic E-state index is 12.6. The highest BCUT2D eigenvalue weighted by atomic mass is 32.1. The molecule has 0 spiro atoms. The van der Waals surface area contributed by atoms with Crippen molar-refractivity contribution in [2.24, 2.45) is 0 Å². The van der Waals surface area contributed by atoms with Crippen LogP contribution in [0, 0.1) is 0 Å². The third-order valence-electron chi connectivity index (χ3n) is 4.32. The van der Waals surface area contributed by atoms with Gasteiger partial charge in [0.1, 0.15) is 5.75 Å². The monoisotopic (exact) mass is 337 g/mol. The van der Waals surface area contributed by atoms with Crippen molar-refractivity contribution in [1.29, 1.82) is 0 Å². The number of hydrogen-bond donors (Lipinski definition) is 0. The molecule has 3 aromatic rings. The number of fused-ring (bicyclic) bond motifs is 1. The minimum absolute atomic E-state index is 0.0665. The minimum Gasteiger partial charge on any atom is -0.484 e. The molecule has 122 valence electrons. The highest BCUT2D eigenvalue weighted by Gasteiger charge is 2.32. The lowest BCUT2D eigenvalue weighted by molar-refractivity contribution is -0.134. The topological polar surface area (TPSA) is 29.5 Å². The first-order valence-corrected chi connectivity index (χ1v) is 9.16. The lowest BCUT2D eigenvalue weighted by Gasteiger charge is -2.22. The zero-order valence-electron chi connectivity index (χ0n) is 13.4. The quantitative estimate of drug-likeness (QED) is 0.664. The lowest BCUT2D eigenvalue weighted by Crippen LogP contribution is -2.36. The van der Waals surface area contributed by atoms with Gasteiger partial charge in [0.15, 0.2) is 6.61 Å². The molecule has 0 N–H and O–H groups in total. The van der Waals surface area contributed by atoms with Crippen LogP contribution >= 0.6 is 11.3 Å². The number of hydrogen-bond acceptors (Lipinski definition) is 3. The van der Waals surface area contributed by atoms with Crippen molar-refractivity contribution < 1.29 is 9.53 Å². The molecule has 1 aliphatic carbocycles. The van der Waals surface area contributed by atoms with Gasteiger partial charge in [0.25, 0.3) is 5.91 Å². The molecule has 0 bridgehead atoms. The van der Waals surface area contributed by atoms with Gasteiger partial charge in [0, 0.05) is 12.6 Å². The zero-order chi connectivity index (χ0) is 16.4. The Morgan fingerprint density at radius 2 is 1.96 bits per heavy atom. The van der Waals surface area contributed by atoms with Crippen molar-refractivity contribution in [3.8, 4) is 5.75 Å². The summed E-state index contributed by atoms with van der Waals surface area (Å²) < 4.78 is 5.77. The molecule has 0 saturated heterocycles. The maximum Gasteiger partial charge on any atom is 0.261 e. The average Bonchev–Trinajstić information content (AvgIpc) is 3.33. The van der Waals surface area contributed by atoms with E-state index in [-0.39, 0.29) is 12.5 Å². The Balaban J connectivity index is 1.42. The van der Waals surface area contributed by atoms with Crippen LogP contribution in [0.15, 0.2) is 59.3 Å². The van der Waals surface area contributed by atoms with Gasteiger partial charge in [-0.05, 0) is 58.1 Å². The Labute approximate surface area is 145 Å². The first-order chi connectivity index (χ1) is 11.8. The van der Waals surface area contributed by atoms with E-state index in [1.54, 1.807) is 11.3 Å². The molecule has 1 aliphatic rings. The first kappa shape index (κ1) is 15.2. The summed E-state index contributed by atoms with van der Waals surface area (Å²) in [7, 11) is 0. The van der Waals surface area contributed by atoms with Crippen LogP contribution in [-0.2, 0) is 11.3 Å². The molecular weight excluding hydrogens is 318 g/mol. The highest BCUT2D eigenvalue weighted by molar-refractivity contribution is 7.07. The average molecular weight is 337 g/mol. The Bertz CT molecular complexity index is 840. The standard InChI is InChI=1S/C20H19NO2S/c22-20(21(18-6-7-18)12-15-9-10-24-14-15)13-23-19-8-5-16-3-1-2-4-17(16)11-19/h1-5,8-11,14,18H,6-7,12-13H2. The van der Waals surface area contributed by atoms with E-state index in [9.17, 15) is 4.79 Å². The molecular formula is C20H19NO2S. The second kappa shape index (κ2) is 6.65. The first-order valence-electron chi connectivity index (χ1n) is 8.22. The summed E-state index contributed by atoms with van der Waals surface area (Å²) in [5.74, 6) is 0.810. The third kappa shape index (κ3) is 3.44. The van der Waals surface area contributed by atoms with Crippen molar-refractivity contribution in [2.75, 3.05) is 6.61 Å². The maximum absolute atomic E-state index is 12.6. The van der Waals surface area contributed by atoms with Crippen molar-refractivity contribution >= 4 is 28.0 Å². The summed E-state index contributed by atoms with van der Waals surface area (Å²) in [6.07, 6.45) is 2.21. The SMILES string of the molecule is O=C(COc1ccc2ccccc2c1)N(Cc1ccsc1)C1CC1. The smallest absolute Gasteiger partial charge is 0.261 e. The predicted molar refractivity (Wildman–Crippen MR) is 97.3 cm³/mol. The molecule has 1 saturated carbocycles. The van der Waals surface area contributed by atoms with Crippen LogP contribution in [0.25, 0.3) is 10.8 Å². The highest BCUT2D eigenvalue weighted by Crippen LogP contribution is 2.29. The van der Waals surface area contributed by atoms with Crippen LogP contribution in [-0.4, -0.2) is 23.5 Å². The summed E-state index contributed by atoms with van der Waals surface area (Å²) in [6, 6.07) is 16.6. The van der Waals surface area contributed by atoms with Gasteiger partial charge in [-0.2, -0.15) is 11.3 Å². The summed E-state index contributed by atoms with van der Waals surface area (Å²) in [6.45, 7) is 0.785. The molecule has 24 heavy (non-hydrogen) atoms. The van der Waals surface area contributed by atoms with E-state index in [4.69, 9.17) is 4.74 Å². The number of ether oxygens (including phenoxy) is 1. The van der Waals surface area contributed by atoms with Crippen molar-refractivity contribution in [3.63, 3.8) is 0 Å². The Morgan fingerprint density at radius 3 is 2.71 bits per heavy atom. The molecule has 1 aromatic heterocycles. The molecule has 1 fully saturated rings. The number of rotatable bonds is 6. The predicted octanol–water partition coefficient (Wildman–Crippen LogP) is 4.47. The van der Waals surface area contributed by atoms with Gasteiger partial charge in [0.2, 0.25) is 0 Å². The van der Waals surface area contributed by atoms with Gasteiger partial charge in [-0.1, -0.05) is 30.3 Å². The van der Waals surface area contributed by atoms with Gasteiger partial charge in [0.05, 0.1) is 0 Å². The molecule has 4 heteroatoms. The van der Waals surface area contributed by atoms with Crippen LogP contribution in [0.5, 0.6) is 5.75 Å². The Kier molecular flexibility index (Phi) is 4.22. The number of benzene rings is 2. The fourth-order valence-corrected chi connectivity index (χ4v) is 3.53. The molecule has 0 aliphatic heterocycles. The van der Waals surface area contributed by atoms with Gasteiger partial charge in [-0.25, -0.2) is 0 Å². The van der Waals surface area contributed by atoms with Crippen LogP contribution in [0.2, 0.25) is 0 Å². The van der Waals surface area contributed by atoms with Crippen LogP contribution in [0.1, 0.15) is 18.4 Å². The van der Waals surface area contributed by atoms with Crippen molar-refractivity contribution in [3.05, 3.63) is 64.9 Å². The van der Waals surface area contributed by atoms with Gasteiger partial charge >= 0.3 is 0 Å². The Hall–Kier alpha value is -2.33. The van der Waals surface area contributed by atoms with E-state index in [0.717, 1.165) is 24.0 Å². The minimum atomic E-state index is 0.0665. The molecule has 0 atom stereocenters. The Morgan fingerprint density at radius 1 is 1.12 bits per heavy atom. The van der Waals surface area contributed by atoms with E-state index in [1.165, 1.54) is 10.9 Å². The second-order valence-corrected chi connectivity index (χ2v) is 6.96. The third-order valence-corrected chi connectivity index (χ3v) is 5.06. The normalized spacial score (nSPS) is 13.8. The fourth-order valence-electron chi connectivity index (χ4n) is 2.87. The zero-order valence-corrected chi connectivity index (χ0v) is 14.2. The summed E-state index contributed by atoms with van der Waals surface area (Å²) in [5.41, 5.74) is 1.20. The van der Waals surface area contributed by atoms with Crippen molar-refractivity contribution in [2.45, 2.75) is 25.4 Å². The van der Waals surface area contributed by atoms with Gasteiger partial charge in [-0.3, -0.25) is 4.79 Å². The number of nitrogens with zero attached hydrogens (tertiary/aromatic N) is 1. The number of thiophene rings is 1. The lowest BCUT2D eigenvalue weighted by atomic mass is 10.1. The van der Waals surface area contributed by atoms with Crippen LogP contribution < -0.4 is 4.74 Å². The van der Waals surface area contributed by atoms with E-state index < -0.39 is 0 Å². The molecule has 3 nitrogen and oxygen atoms in total. The van der Waals surface area contributed by atoms with Crippen molar-refractivity contribution in [1.82, 2.24) is 4.90 Å². The molecule has 1 heterocycles. The summed E-state index contributed by atoms with van der Waals surface area (Å²) in [4.78, 5) is 14.6.